The van der Waals surface area contributed by atoms with Gasteiger partial charge in [-0.05, 0) is 95.6 Å². The van der Waals surface area contributed by atoms with E-state index in [1.165, 1.54) is 22.3 Å². The van der Waals surface area contributed by atoms with E-state index in [0.717, 1.165) is 60.9 Å². The average Bonchev–Trinajstić information content (AvgIpc) is 4.00. The molecular formula is C44H51N5O4SSi. The van der Waals surface area contributed by atoms with E-state index < -0.39 is 29.8 Å². The van der Waals surface area contributed by atoms with Crippen molar-refractivity contribution in [3.05, 3.63) is 142 Å². The fourth-order valence-corrected chi connectivity index (χ4v) is 11.0. The van der Waals surface area contributed by atoms with Gasteiger partial charge in [0, 0.05) is 5.69 Å². The minimum atomic E-state index is -3.87. The Morgan fingerprint density at radius 1 is 0.873 bits per heavy atom. The number of fused-ring (bicyclic) bond motifs is 3. The monoisotopic (exact) mass is 773 g/mol. The van der Waals surface area contributed by atoms with Crippen molar-refractivity contribution < 1.29 is 18.2 Å². The summed E-state index contributed by atoms with van der Waals surface area (Å²) < 4.78 is 39.3. The number of anilines is 1. The number of carbonyl (C=O) groups is 1. The quantitative estimate of drug-likeness (QED) is 0.109. The van der Waals surface area contributed by atoms with Crippen LogP contribution in [0.25, 0.3) is 0 Å². The second-order valence-corrected chi connectivity index (χ2v) is 23.2. The molecule has 0 bridgehead atoms. The summed E-state index contributed by atoms with van der Waals surface area (Å²) in [6, 6.07) is 31.2. The molecule has 0 saturated carbocycles. The summed E-state index contributed by atoms with van der Waals surface area (Å²) in [5.41, 5.74) is 7.07. The summed E-state index contributed by atoms with van der Waals surface area (Å²) in [5.74, 6) is 0.322. The van der Waals surface area contributed by atoms with Gasteiger partial charge >= 0.3 is 6.03 Å². The van der Waals surface area contributed by atoms with Crippen LogP contribution in [0.5, 0.6) is 5.88 Å². The number of hydrogen-bond acceptors (Lipinski definition) is 5. The lowest BCUT2D eigenvalue weighted by Crippen LogP contribution is -2.48. The number of aryl methyl sites for hydroxylation is 2. The summed E-state index contributed by atoms with van der Waals surface area (Å²) in [5, 5.41) is 7.97. The van der Waals surface area contributed by atoms with Crippen LogP contribution >= 0.6 is 0 Å². The minimum absolute atomic E-state index is 0.0314. The Hall–Kier alpha value is -4.55. The molecule has 0 saturated heterocycles. The molecule has 2 heterocycles. The number of rotatable bonds is 10. The number of aromatic nitrogens is 2. The van der Waals surface area contributed by atoms with Crippen LogP contribution in [0.2, 0.25) is 18.1 Å². The zero-order valence-corrected chi connectivity index (χ0v) is 34.2. The summed E-state index contributed by atoms with van der Waals surface area (Å²) in [7, 11) is -5.95. The molecule has 4 aromatic carbocycles. The predicted octanol–water partition coefficient (Wildman–Crippen LogP) is 9.37. The number of nitrogens with one attached hydrogen (secondary N) is 2. The molecule has 0 spiro atoms. The van der Waals surface area contributed by atoms with Crippen molar-refractivity contribution in [3.63, 3.8) is 0 Å². The van der Waals surface area contributed by atoms with Crippen molar-refractivity contribution in [1.82, 2.24) is 14.5 Å². The van der Waals surface area contributed by atoms with Gasteiger partial charge in [-0.25, -0.2) is 18.4 Å². The first-order valence-electron chi connectivity index (χ1n) is 19.4. The maximum Gasteiger partial charge on any atom is 0.354 e. The van der Waals surface area contributed by atoms with Gasteiger partial charge in [-0.1, -0.05) is 118 Å². The van der Waals surface area contributed by atoms with Gasteiger partial charge in [-0.2, -0.15) is 5.10 Å². The summed E-state index contributed by atoms with van der Waals surface area (Å²) in [6.45, 7) is 11.8. The summed E-state index contributed by atoms with van der Waals surface area (Å²) in [4.78, 5) is 14.7. The van der Waals surface area contributed by atoms with E-state index in [1.54, 1.807) is 10.9 Å². The lowest BCUT2D eigenvalue weighted by Gasteiger charge is -2.37. The molecular weight excluding hydrogens is 723 g/mol. The molecule has 9 nitrogen and oxygen atoms in total. The first-order chi connectivity index (χ1) is 26.4. The van der Waals surface area contributed by atoms with Crippen molar-refractivity contribution in [2.45, 2.75) is 93.9 Å². The van der Waals surface area contributed by atoms with Crippen molar-refractivity contribution in [2.24, 2.45) is 4.36 Å². The van der Waals surface area contributed by atoms with Crippen LogP contribution in [0.1, 0.15) is 78.6 Å². The van der Waals surface area contributed by atoms with Crippen LogP contribution in [-0.2, 0) is 45.6 Å². The minimum Gasteiger partial charge on any atom is -0.475 e. The predicted molar refractivity (Wildman–Crippen MR) is 221 cm³/mol. The highest BCUT2D eigenvalue weighted by Crippen LogP contribution is 2.43. The van der Waals surface area contributed by atoms with Crippen molar-refractivity contribution >= 4 is 30.0 Å². The lowest BCUT2D eigenvalue weighted by atomic mass is 9.78. The third-order valence-electron chi connectivity index (χ3n) is 12.0. The number of benzene rings is 4. The molecule has 2 N–H and O–H groups in total. The summed E-state index contributed by atoms with van der Waals surface area (Å²) >= 11 is 0. The number of urea groups is 1. The van der Waals surface area contributed by atoms with E-state index in [1.807, 2.05) is 91.0 Å². The summed E-state index contributed by atoms with van der Waals surface area (Å²) in [6.07, 6.45) is 7.42. The fourth-order valence-electron chi connectivity index (χ4n) is 8.10. The Labute approximate surface area is 326 Å². The first kappa shape index (κ1) is 37.4. The van der Waals surface area contributed by atoms with Crippen LogP contribution in [-0.4, -0.2) is 41.6 Å². The number of carbonyl (C=O) groups excluding carboxylic acids is 1. The normalized spacial score (nSPS) is 17.5. The topological polar surface area (TPSA) is 107 Å². The van der Waals surface area contributed by atoms with Gasteiger partial charge in [0.1, 0.15) is 23.1 Å². The molecule has 0 radical (unpaired) electrons. The number of amides is 2. The van der Waals surface area contributed by atoms with Gasteiger partial charge in [-0.3, -0.25) is 0 Å². The molecule has 2 atom stereocenters. The molecule has 55 heavy (non-hydrogen) atoms. The molecule has 8 rings (SSSR count). The Morgan fingerprint density at radius 2 is 1.40 bits per heavy atom. The average molecular weight is 774 g/mol. The number of ether oxygens (including phenoxy) is 1. The maximum atomic E-state index is 16.3. The molecule has 1 aromatic heterocycles. The van der Waals surface area contributed by atoms with E-state index in [0.29, 0.717) is 19.1 Å². The largest absolute Gasteiger partial charge is 0.475 e. The molecule has 5 aromatic rings. The van der Waals surface area contributed by atoms with Crippen LogP contribution in [0.3, 0.4) is 0 Å². The van der Waals surface area contributed by atoms with Gasteiger partial charge in [0.05, 0.1) is 12.8 Å². The van der Waals surface area contributed by atoms with E-state index in [-0.39, 0.29) is 16.0 Å². The van der Waals surface area contributed by atoms with Crippen molar-refractivity contribution in [2.75, 3.05) is 18.5 Å². The first-order valence-corrected chi connectivity index (χ1v) is 23.9. The van der Waals surface area contributed by atoms with Crippen molar-refractivity contribution in [3.8, 4) is 5.88 Å². The Kier molecular flexibility index (Phi) is 9.86. The van der Waals surface area contributed by atoms with Crippen LogP contribution in [0, 0.1) is 0 Å². The molecule has 2 amide bonds. The fraction of sp³-hybridized carbons (Fsp3) is 0.364. The molecule has 0 fully saturated rings. The highest BCUT2D eigenvalue weighted by Gasteiger charge is 2.44. The number of hydrogen-bond donors (Lipinski definition) is 2. The molecule has 2 aliphatic carbocycles. The van der Waals surface area contributed by atoms with Gasteiger partial charge in [0.15, 0.2) is 18.2 Å². The second-order valence-electron chi connectivity index (χ2n) is 16.5. The van der Waals surface area contributed by atoms with E-state index in [2.05, 4.69) is 54.3 Å². The third kappa shape index (κ3) is 6.85. The molecule has 286 valence electrons. The van der Waals surface area contributed by atoms with Gasteiger partial charge in [0.2, 0.25) is 5.88 Å². The standard InChI is InChI=1S/C44H51N5O4SSi/c1-43(2,3)55(4,5)53-30-36-29-52-41-39(28-45-49(36)41)54(51,47-42(50)46-40-37-25-15-17-31(37)27-32-18-16-26-38(32)40)48-44(33-19-9-6-10-20-33,34-21-11-7-12-22-34)35-23-13-8-14-24-35/h6-14,19-24,27-28,36H,15-18,25-26,29-30H2,1-5H3,(H2,46,47,48,50,51)/t36-,54?/m1/s1. The maximum absolute atomic E-state index is 16.3. The van der Waals surface area contributed by atoms with Crippen LogP contribution in [0.4, 0.5) is 10.5 Å². The Balaban J connectivity index is 1.29. The second kappa shape index (κ2) is 14.5. The third-order valence-corrected chi connectivity index (χ3v) is 18.4. The molecule has 3 aliphatic rings. The van der Waals surface area contributed by atoms with E-state index in [4.69, 9.17) is 14.3 Å². The van der Waals surface area contributed by atoms with Gasteiger partial charge in [0.25, 0.3) is 0 Å². The zero-order chi connectivity index (χ0) is 38.4. The zero-order valence-electron chi connectivity index (χ0n) is 32.4. The molecule has 1 aliphatic heterocycles. The van der Waals surface area contributed by atoms with Crippen LogP contribution in [0.15, 0.2) is 113 Å². The highest BCUT2D eigenvalue weighted by molar-refractivity contribution is 7.92. The van der Waals surface area contributed by atoms with Crippen LogP contribution < -0.4 is 14.8 Å². The Bertz CT molecular complexity index is 2200. The van der Waals surface area contributed by atoms with Gasteiger partial charge < -0.3 is 14.5 Å². The lowest BCUT2D eigenvalue weighted by molar-refractivity contribution is 0.208. The van der Waals surface area contributed by atoms with E-state index >= 15 is 4.21 Å². The van der Waals surface area contributed by atoms with E-state index in [9.17, 15) is 4.79 Å². The molecule has 1 unspecified atom stereocenters. The number of nitrogens with zero attached hydrogens (tertiary/aromatic N) is 3. The Morgan fingerprint density at radius 3 is 1.91 bits per heavy atom. The highest BCUT2D eigenvalue weighted by atomic mass is 32.2. The van der Waals surface area contributed by atoms with Crippen molar-refractivity contribution in [1.29, 1.82) is 0 Å². The molecule has 11 heteroatoms. The SMILES string of the molecule is CC(C)(C)[Si](C)(C)OC[C@H]1COc2c(S(=O)(=NC(=O)Nc3c4c(cc5c3CCC5)CCC4)NC(c3ccccc3)(c3ccccc3)c3ccccc3)cnn21. The van der Waals surface area contributed by atoms with Gasteiger partial charge in [-0.15, -0.1) is 4.36 Å². The smallest absolute Gasteiger partial charge is 0.354 e.